The van der Waals surface area contributed by atoms with Crippen LogP contribution in [0.2, 0.25) is 0 Å². The van der Waals surface area contributed by atoms with Crippen molar-refractivity contribution >= 4 is 5.69 Å². The van der Waals surface area contributed by atoms with Crippen LogP contribution in [0.25, 0.3) is 16.9 Å². The molecule has 0 aliphatic carbocycles. The van der Waals surface area contributed by atoms with Gasteiger partial charge in [0.05, 0.1) is 23.4 Å². The van der Waals surface area contributed by atoms with Crippen LogP contribution in [-0.4, -0.2) is 62.1 Å². The fraction of sp³-hybridized carbons (Fsp3) is 0.435. The van der Waals surface area contributed by atoms with Gasteiger partial charge < -0.3 is 14.4 Å². The molecule has 33 heavy (non-hydrogen) atoms. The van der Waals surface area contributed by atoms with Gasteiger partial charge in [-0.3, -0.25) is 10.1 Å². The smallest absolute Gasteiger partial charge is 0.307 e. The Balaban J connectivity index is 1.53. The molecule has 1 aromatic carbocycles. The Morgan fingerprint density at radius 3 is 2.64 bits per heavy atom. The minimum Gasteiger partial charge on any atom is -0.496 e. The third kappa shape index (κ3) is 4.38. The van der Waals surface area contributed by atoms with Crippen LogP contribution in [0.4, 0.5) is 5.69 Å². The largest absolute Gasteiger partial charge is 0.496 e. The van der Waals surface area contributed by atoms with E-state index in [0.717, 1.165) is 18.5 Å². The third-order valence-electron chi connectivity index (χ3n) is 6.82. The van der Waals surface area contributed by atoms with Crippen molar-refractivity contribution < 1.29 is 14.4 Å². The summed E-state index contributed by atoms with van der Waals surface area (Å²) in [7, 11) is 3.70. The first-order chi connectivity index (χ1) is 15.7. The maximum Gasteiger partial charge on any atom is 0.307 e. The van der Waals surface area contributed by atoms with Crippen molar-refractivity contribution in [2.75, 3.05) is 20.7 Å². The molecule has 2 atom stereocenters. The number of hydrogen-bond donors (Lipinski definition) is 0. The monoisotopic (exact) mass is 452 g/mol. The van der Waals surface area contributed by atoms with Gasteiger partial charge in [0.2, 0.25) is 5.88 Å². The SMILES string of the molecule is COc1cc(-n2cc([N+](=O)[O-])cn2)ccc1-c1ccc(OC2CCN(C)C(C)(C)C2C)nn1. The number of ether oxygens (including phenoxy) is 2. The quantitative estimate of drug-likeness (QED) is 0.411. The van der Waals surface area contributed by atoms with E-state index < -0.39 is 4.92 Å². The van der Waals surface area contributed by atoms with E-state index >= 15 is 0 Å². The second-order valence-electron chi connectivity index (χ2n) is 8.85. The van der Waals surface area contributed by atoms with Crippen molar-refractivity contribution in [1.29, 1.82) is 0 Å². The number of aromatic nitrogens is 4. The van der Waals surface area contributed by atoms with E-state index in [9.17, 15) is 10.1 Å². The van der Waals surface area contributed by atoms with Crippen LogP contribution in [0, 0.1) is 16.0 Å². The van der Waals surface area contributed by atoms with Crippen LogP contribution in [0.1, 0.15) is 27.2 Å². The Hall–Kier alpha value is -3.53. The van der Waals surface area contributed by atoms with Crippen molar-refractivity contribution in [2.45, 2.75) is 38.8 Å². The molecule has 1 saturated heterocycles. The maximum atomic E-state index is 10.9. The molecule has 10 nitrogen and oxygen atoms in total. The Morgan fingerprint density at radius 2 is 2.00 bits per heavy atom. The number of likely N-dealkylation sites (tertiary alicyclic amines) is 1. The van der Waals surface area contributed by atoms with Crippen LogP contribution in [0.3, 0.4) is 0 Å². The summed E-state index contributed by atoms with van der Waals surface area (Å²) in [5.41, 5.74) is 1.97. The zero-order chi connectivity index (χ0) is 23.8. The number of piperidine rings is 1. The Bertz CT molecular complexity index is 1140. The van der Waals surface area contributed by atoms with Crippen LogP contribution >= 0.6 is 0 Å². The highest BCUT2D eigenvalue weighted by molar-refractivity contribution is 5.69. The molecule has 174 valence electrons. The van der Waals surface area contributed by atoms with Crippen LogP contribution in [0.15, 0.2) is 42.7 Å². The highest BCUT2D eigenvalue weighted by Crippen LogP contribution is 2.35. The topological polar surface area (TPSA) is 108 Å². The average Bonchev–Trinajstić information content (AvgIpc) is 3.31. The third-order valence-corrected chi connectivity index (χ3v) is 6.82. The standard InChI is InChI=1S/C23H28N6O4/c1-15-20(10-11-27(4)23(15,2)3)33-22-9-8-19(25-26-22)18-7-6-16(12-21(18)32-5)28-14-17(13-24-28)29(30)31/h6-9,12-15,20H,10-11H2,1-5H3. The van der Waals surface area contributed by atoms with Gasteiger partial charge in [0, 0.05) is 35.7 Å². The predicted octanol–water partition coefficient (Wildman–Crippen LogP) is 3.74. The zero-order valence-electron chi connectivity index (χ0n) is 19.4. The van der Waals surface area contributed by atoms with Crippen molar-refractivity contribution in [1.82, 2.24) is 24.9 Å². The molecule has 10 heteroatoms. The maximum absolute atomic E-state index is 10.9. The van der Waals surface area contributed by atoms with Crippen molar-refractivity contribution in [2.24, 2.45) is 5.92 Å². The first-order valence-electron chi connectivity index (χ1n) is 10.8. The minimum absolute atomic E-state index is 0.0421. The summed E-state index contributed by atoms with van der Waals surface area (Å²) in [4.78, 5) is 12.8. The van der Waals surface area contributed by atoms with Crippen LogP contribution in [0.5, 0.6) is 11.6 Å². The van der Waals surface area contributed by atoms with Crippen molar-refractivity contribution in [3.05, 3.63) is 52.8 Å². The molecule has 1 aliphatic heterocycles. The van der Waals surface area contributed by atoms with Gasteiger partial charge in [-0.15, -0.1) is 10.2 Å². The number of nitrogens with zero attached hydrogens (tertiary/aromatic N) is 6. The van der Waals surface area contributed by atoms with Gasteiger partial charge in [0.15, 0.2) is 0 Å². The van der Waals surface area contributed by atoms with Gasteiger partial charge in [0.25, 0.3) is 0 Å². The average molecular weight is 453 g/mol. The molecule has 0 spiro atoms. The predicted molar refractivity (Wildman–Crippen MR) is 123 cm³/mol. The van der Waals surface area contributed by atoms with Crippen molar-refractivity contribution in [3.63, 3.8) is 0 Å². The number of hydrogen-bond acceptors (Lipinski definition) is 8. The molecule has 0 amide bonds. The molecule has 1 fully saturated rings. The Kier molecular flexibility index (Phi) is 6.03. The molecule has 4 rings (SSSR count). The zero-order valence-corrected chi connectivity index (χ0v) is 19.4. The normalized spacial score (nSPS) is 20.4. The molecule has 1 aliphatic rings. The summed E-state index contributed by atoms with van der Waals surface area (Å²) in [6, 6.07) is 9.05. The first-order valence-corrected chi connectivity index (χ1v) is 10.8. The lowest BCUT2D eigenvalue weighted by Gasteiger charge is -2.48. The first kappa shape index (κ1) is 22.7. The molecule has 2 unspecified atom stereocenters. The molecule has 0 radical (unpaired) electrons. The van der Waals surface area contributed by atoms with Gasteiger partial charge in [-0.2, -0.15) is 5.10 Å². The molecule has 3 heterocycles. The summed E-state index contributed by atoms with van der Waals surface area (Å²) in [6.07, 6.45) is 3.57. The lowest BCUT2D eigenvalue weighted by atomic mass is 9.79. The van der Waals surface area contributed by atoms with Gasteiger partial charge >= 0.3 is 5.69 Å². The number of methoxy groups -OCH3 is 1. The lowest BCUT2D eigenvalue weighted by Crippen LogP contribution is -2.56. The Labute approximate surface area is 192 Å². The van der Waals surface area contributed by atoms with Gasteiger partial charge in [0.1, 0.15) is 24.2 Å². The number of nitro groups is 1. The minimum atomic E-state index is -0.485. The van der Waals surface area contributed by atoms with E-state index in [1.54, 1.807) is 19.2 Å². The second kappa shape index (κ2) is 8.78. The van der Waals surface area contributed by atoms with E-state index in [1.165, 1.54) is 17.1 Å². The fourth-order valence-corrected chi connectivity index (χ4v) is 4.09. The molecule has 0 N–H and O–H groups in total. The van der Waals surface area contributed by atoms with E-state index in [-0.39, 0.29) is 17.3 Å². The van der Waals surface area contributed by atoms with Crippen LogP contribution in [-0.2, 0) is 0 Å². The second-order valence-corrected chi connectivity index (χ2v) is 8.85. The molecular weight excluding hydrogens is 424 g/mol. The van der Waals surface area contributed by atoms with Gasteiger partial charge in [-0.1, -0.05) is 6.92 Å². The fourth-order valence-electron chi connectivity index (χ4n) is 4.09. The highest BCUT2D eigenvalue weighted by Gasteiger charge is 2.40. The summed E-state index contributed by atoms with van der Waals surface area (Å²) in [5.74, 6) is 1.39. The van der Waals surface area contributed by atoms with E-state index in [0.29, 0.717) is 28.9 Å². The summed E-state index contributed by atoms with van der Waals surface area (Å²) >= 11 is 0. The molecule has 0 bridgehead atoms. The summed E-state index contributed by atoms with van der Waals surface area (Å²) in [5, 5.41) is 23.6. The highest BCUT2D eigenvalue weighted by atomic mass is 16.6. The molecule has 2 aromatic heterocycles. The molecule has 3 aromatic rings. The summed E-state index contributed by atoms with van der Waals surface area (Å²) < 4.78 is 13.2. The van der Waals surface area contributed by atoms with Crippen molar-refractivity contribution in [3.8, 4) is 28.6 Å². The van der Waals surface area contributed by atoms with Gasteiger partial charge in [-0.25, -0.2) is 4.68 Å². The van der Waals surface area contributed by atoms with E-state index in [2.05, 4.69) is 48.0 Å². The van der Waals surface area contributed by atoms with Crippen LogP contribution < -0.4 is 9.47 Å². The van der Waals surface area contributed by atoms with E-state index in [4.69, 9.17) is 9.47 Å². The Morgan fingerprint density at radius 1 is 1.21 bits per heavy atom. The molecule has 0 saturated carbocycles. The number of rotatable bonds is 6. The molecular formula is C23H28N6O4. The lowest BCUT2D eigenvalue weighted by molar-refractivity contribution is -0.384. The van der Waals surface area contributed by atoms with Gasteiger partial charge in [-0.05, 0) is 45.5 Å². The van der Waals surface area contributed by atoms with E-state index in [1.807, 2.05) is 18.2 Å². The summed E-state index contributed by atoms with van der Waals surface area (Å²) in [6.45, 7) is 7.65. The number of benzene rings is 1.